The van der Waals surface area contributed by atoms with Crippen molar-refractivity contribution in [2.24, 2.45) is 0 Å². The van der Waals surface area contributed by atoms with Crippen molar-refractivity contribution in [3.05, 3.63) is 102 Å². The van der Waals surface area contributed by atoms with Gasteiger partial charge in [-0.25, -0.2) is 0 Å². The fourth-order valence-corrected chi connectivity index (χ4v) is 2.94. The van der Waals surface area contributed by atoms with Crippen molar-refractivity contribution in [3.8, 4) is 0 Å². The van der Waals surface area contributed by atoms with Gasteiger partial charge >= 0.3 is 0 Å². The molecule has 3 aromatic rings. The van der Waals surface area contributed by atoms with Gasteiger partial charge in [0.1, 0.15) is 0 Å². The molecule has 0 saturated carbocycles. The summed E-state index contributed by atoms with van der Waals surface area (Å²) in [6.07, 6.45) is 3.75. The first-order valence-electron chi connectivity index (χ1n) is 7.74. The molecule has 2 aromatic carbocycles. The Balaban J connectivity index is 2.01. The van der Waals surface area contributed by atoms with E-state index in [4.69, 9.17) is 0 Å². The van der Waals surface area contributed by atoms with E-state index in [1.165, 1.54) is 0 Å². The zero-order valence-electron chi connectivity index (χ0n) is 13.1. The van der Waals surface area contributed by atoms with Gasteiger partial charge in [-0.3, -0.25) is 9.78 Å². The average Bonchev–Trinajstić information content (AvgIpc) is 2.64. The number of carbonyl (C=O) groups excluding carboxylic acids is 1. The Kier molecular flexibility index (Phi) is 4.33. The number of benzene rings is 2. The number of rotatable bonds is 5. The van der Waals surface area contributed by atoms with Crippen molar-refractivity contribution >= 4 is 5.78 Å². The second-order valence-electron chi connectivity index (χ2n) is 5.90. The molecule has 2 heteroatoms. The van der Waals surface area contributed by atoms with Crippen LogP contribution in [0.4, 0.5) is 0 Å². The lowest BCUT2D eigenvalue weighted by molar-refractivity contribution is 0.0962. The number of hydrogen-bond acceptors (Lipinski definition) is 2. The van der Waals surface area contributed by atoms with Crippen molar-refractivity contribution in [1.29, 1.82) is 0 Å². The first-order valence-corrected chi connectivity index (χ1v) is 7.74. The third kappa shape index (κ3) is 3.21. The lowest BCUT2D eigenvalue weighted by Crippen LogP contribution is -2.27. The summed E-state index contributed by atoms with van der Waals surface area (Å²) in [6, 6.07) is 24.0. The summed E-state index contributed by atoms with van der Waals surface area (Å²) in [6.45, 7) is 2.14. The van der Waals surface area contributed by atoms with Crippen LogP contribution in [0.15, 0.2) is 85.2 Å². The molecule has 0 bridgehead atoms. The van der Waals surface area contributed by atoms with Crippen LogP contribution in [0.1, 0.15) is 34.8 Å². The molecule has 1 heterocycles. The van der Waals surface area contributed by atoms with Crippen LogP contribution >= 0.6 is 0 Å². The number of carbonyl (C=O) groups is 1. The van der Waals surface area contributed by atoms with Crippen LogP contribution in [-0.4, -0.2) is 10.8 Å². The summed E-state index contributed by atoms with van der Waals surface area (Å²) in [5, 5.41) is 0. The highest BCUT2D eigenvalue weighted by molar-refractivity contribution is 5.97. The van der Waals surface area contributed by atoms with Crippen LogP contribution in [0.2, 0.25) is 0 Å². The molecule has 0 radical (unpaired) electrons. The standard InChI is InChI=1S/C21H19NO/c1-21(18-8-4-2-5-9-18,19-10-6-3-7-11-19)16-20(23)17-12-14-22-15-13-17/h2-15H,16H2,1H3. The molecule has 0 saturated heterocycles. The molecule has 0 N–H and O–H groups in total. The molecule has 3 rings (SSSR count). The Bertz CT molecular complexity index is 727. The smallest absolute Gasteiger partial charge is 0.164 e. The summed E-state index contributed by atoms with van der Waals surface area (Å²) in [7, 11) is 0. The highest BCUT2D eigenvalue weighted by Gasteiger charge is 2.31. The topological polar surface area (TPSA) is 30.0 Å². The van der Waals surface area contributed by atoms with Gasteiger partial charge in [0.25, 0.3) is 0 Å². The molecule has 0 aliphatic carbocycles. The van der Waals surface area contributed by atoms with Gasteiger partial charge in [-0.2, -0.15) is 0 Å². The summed E-state index contributed by atoms with van der Waals surface area (Å²) in [4.78, 5) is 16.8. The fraction of sp³-hybridized carbons (Fsp3) is 0.143. The van der Waals surface area contributed by atoms with Crippen molar-refractivity contribution in [2.45, 2.75) is 18.8 Å². The van der Waals surface area contributed by atoms with Crippen LogP contribution in [-0.2, 0) is 5.41 Å². The minimum absolute atomic E-state index is 0.127. The largest absolute Gasteiger partial charge is 0.294 e. The van der Waals surface area contributed by atoms with Gasteiger partial charge in [0.15, 0.2) is 5.78 Å². The van der Waals surface area contributed by atoms with Crippen molar-refractivity contribution < 1.29 is 4.79 Å². The molecule has 0 fully saturated rings. The molecule has 23 heavy (non-hydrogen) atoms. The number of aromatic nitrogens is 1. The predicted molar refractivity (Wildman–Crippen MR) is 92.5 cm³/mol. The predicted octanol–water partition coefficient (Wildman–Crippen LogP) is 4.66. The van der Waals surface area contributed by atoms with Crippen LogP contribution < -0.4 is 0 Å². The molecule has 0 aliphatic rings. The van der Waals surface area contributed by atoms with E-state index in [2.05, 4.69) is 36.2 Å². The highest BCUT2D eigenvalue weighted by Crippen LogP contribution is 2.36. The summed E-state index contributed by atoms with van der Waals surface area (Å²) < 4.78 is 0. The Labute approximate surface area is 136 Å². The van der Waals surface area contributed by atoms with Gasteiger partial charge in [-0.1, -0.05) is 67.6 Å². The number of Topliss-reactive ketones (excluding diaryl/α,β-unsaturated/α-hetero) is 1. The van der Waals surface area contributed by atoms with Crippen LogP contribution in [0.3, 0.4) is 0 Å². The maximum absolute atomic E-state index is 12.8. The number of nitrogens with zero attached hydrogens (tertiary/aromatic N) is 1. The summed E-state index contributed by atoms with van der Waals surface area (Å²) in [5.41, 5.74) is 2.64. The van der Waals surface area contributed by atoms with Gasteiger partial charge in [-0.15, -0.1) is 0 Å². The van der Waals surface area contributed by atoms with E-state index in [1.54, 1.807) is 24.5 Å². The monoisotopic (exact) mass is 301 g/mol. The van der Waals surface area contributed by atoms with Gasteiger partial charge in [-0.05, 0) is 23.3 Å². The molecule has 0 spiro atoms. The first-order chi connectivity index (χ1) is 11.2. The second kappa shape index (κ2) is 6.57. The molecular formula is C21H19NO. The van der Waals surface area contributed by atoms with E-state index in [0.717, 1.165) is 11.1 Å². The molecule has 0 aliphatic heterocycles. The Morgan fingerprint density at radius 2 is 1.30 bits per heavy atom. The van der Waals surface area contributed by atoms with E-state index < -0.39 is 0 Å². The molecule has 0 atom stereocenters. The molecule has 1 aromatic heterocycles. The lowest BCUT2D eigenvalue weighted by atomic mass is 9.72. The Morgan fingerprint density at radius 3 is 1.78 bits per heavy atom. The van der Waals surface area contributed by atoms with E-state index >= 15 is 0 Å². The number of pyridine rings is 1. The van der Waals surface area contributed by atoms with Gasteiger partial charge in [0, 0.05) is 29.8 Å². The van der Waals surface area contributed by atoms with E-state index in [1.807, 2.05) is 36.4 Å². The number of ketones is 1. The minimum Gasteiger partial charge on any atom is -0.294 e. The summed E-state index contributed by atoms with van der Waals surface area (Å²) >= 11 is 0. The average molecular weight is 301 g/mol. The quantitative estimate of drug-likeness (QED) is 0.641. The summed E-state index contributed by atoms with van der Waals surface area (Å²) in [5.74, 6) is 0.127. The SMILES string of the molecule is CC(CC(=O)c1ccncc1)(c1ccccc1)c1ccccc1. The van der Waals surface area contributed by atoms with Crippen LogP contribution in [0.25, 0.3) is 0 Å². The van der Waals surface area contributed by atoms with Crippen LogP contribution in [0, 0.1) is 0 Å². The van der Waals surface area contributed by atoms with Gasteiger partial charge < -0.3 is 0 Å². The van der Waals surface area contributed by atoms with E-state index in [-0.39, 0.29) is 11.2 Å². The molecule has 114 valence electrons. The third-order valence-electron chi connectivity index (χ3n) is 4.34. The minimum atomic E-state index is -0.358. The van der Waals surface area contributed by atoms with Gasteiger partial charge in [0.2, 0.25) is 0 Å². The zero-order valence-corrected chi connectivity index (χ0v) is 13.1. The normalized spacial score (nSPS) is 11.2. The maximum atomic E-state index is 12.8. The van der Waals surface area contributed by atoms with Crippen molar-refractivity contribution in [2.75, 3.05) is 0 Å². The molecular weight excluding hydrogens is 282 g/mol. The molecule has 0 unspecified atom stereocenters. The van der Waals surface area contributed by atoms with Gasteiger partial charge in [0.05, 0.1) is 0 Å². The van der Waals surface area contributed by atoms with Crippen LogP contribution in [0.5, 0.6) is 0 Å². The first kappa shape index (κ1) is 15.2. The lowest BCUT2D eigenvalue weighted by Gasteiger charge is -2.30. The van der Waals surface area contributed by atoms with Crippen molar-refractivity contribution in [3.63, 3.8) is 0 Å². The van der Waals surface area contributed by atoms with E-state index in [9.17, 15) is 4.79 Å². The van der Waals surface area contributed by atoms with Crippen molar-refractivity contribution in [1.82, 2.24) is 4.98 Å². The zero-order chi connectivity index (χ0) is 16.1. The Hall–Kier alpha value is -2.74. The Morgan fingerprint density at radius 1 is 0.826 bits per heavy atom. The maximum Gasteiger partial charge on any atom is 0.164 e. The fourth-order valence-electron chi connectivity index (χ4n) is 2.94. The highest BCUT2D eigenvalue weighted by atomic mass is 16.1. The number of hydrogen-bond donors (Lipinski definition) is 0. The molecule has 2 nitrogen and oxygen atoms in total. The van der Waals surface area contributed by atoms with E-state index in [0.29, 0.717) is 12.0 Å². The third-order valence-corrected chi connectivity index (χ3v) is 4.34. The second-order valence-corrected chi connectivity index (χ2v) is 5.90. The molecule has 0 amide bonds.